The topological polar surface area (TPSA) is 24.1 Å². The molecule has 0 aromatic rings. The minimum Gasteiger partial charge on any atom is -0.316 e. The van der Waals surface area contributed by atoms with Crippen molar-refractivity contribution in [1.29, 1.82) is 0 Å². The van der Waals surface area contributed by atoms with E-state index < -0.39 is 0 Å². The third-order valence-corrected chi connectivity index (χ3v) is 3.66. The fourth-order valence-corrected chi connectivity index (χ4v) is 2.91. The van der Waals surface area contributed by atoms with E-state index in [0.29, 0.717) is 5.54 Å². The summed E-state index contributed by atoms with van der Waals surface area (Å²) in [6.45, 7) is 8.40. The van der Waals surface area contributed by atoms with E-state index >= 15 is 0 Å². The quantitative estimate of drug-likeness (QED) is 0.640. The second kappa shape index (κ2) is 3.58. The van der Waals surface area contributed by atoms with Gasteiger partial charge in [0.15, 0.2) is 0 Å². The molecule has 2 heterocycles. The third kappa shape index (κ3) is 2.23. The Hall–Kier alpha value is -0.0800. The van der Waals surface area contributed by atoms with E-state index in [4.69, 9.17) is 0 Å². The summed E-state index contributed by atoms with van der Waals surface area (Å²) in [6.07, 6.45) is 4.15. The van der Waals surface area contributed by atoms with Crippen molar-refractivity contribution < 1.29 is 0 Å². The Labute approximate surface area is 81.5 Å². The maximum absolute atomic E-state index is 3.59. The van der Waals surface area contributed by atoms with Crippen molar-refractivity contribution >= 4 is 0 Å². The van der Waals surface area contributed by atoms with Gasteiger partial charge in [0.25, 0.3) is 0 Å². The lowest BCUT2D eigenvalue weighted by molar-refractivity contribution is 0.181. The monoisotopic (exact) mass is 182 g/mol. The lowest BCUT2D eigenvalue weighted by Gasteiger charge is -2.39. The average Bonchev–Trinajstić information content (AvgIpc) is 2.53. The standard InChI is InChI=1S/C11H22N2/c1-11(2)7-9(4-6-13-11)10-3-5-12-8-10/h9-10,12-13H,3-8H2,1-2H3. The Morgan fingerprint density at radius 2 is 1.85 bits per heavy atom. The van der Waals surface area contributed by atoms with Crippen molar-refractivity contribution in [2.45, 2.75) is 38.6 Å². The number of nitrogens with one attached hydrogen (secondary N) is 2. The van der Waals surface area contributed by atoms with Crippen LogP contribution < -0.4 is 10.6 Å². The van der Waals surface area contributed by atoms with E-state index in [1.807, 2.05) is 0 Å². The summed E-state index contributed by atoms with van der Waals surface area (Å²) in [6, 6.07) is 0. The van der Waals surface area contributed by atoms with Crippen LogP contribution in [0.1, 0.15) is 33.1 Å². The molecule has 0 aliphatic carbocycles. The highest BCUT2D eigenvalue weighted by atomic mass is 15.0. The summed E-state index contributed by atoms with van der Waals surface area (Å²) in [7, 11) is 0. The van der Waals surface area contributed by atoms with Crippen LogP contribution >= 0.6 is 0 Å². The number of piperidine rings is 1. The smallest absolute Gasteiger partial charge is 0.0127 e. The van der Waals surface area contributed by atoms with Crippen LogP contribution in [0.25, 0.3) is 0 Å². The van der Waals surface area contributed by atoms with Crippen molar-refractivity contribution in [2.75, 3.05) is 19.6 Å². The predicted octanol–water partition coefficient (Wildman–Crippen LogP) is 1.37. The lowest BCUT2D eigenvalue weighted by Crippen LogP contribution is -2.47. The van der Waals surface area contributed by atoms with Gasteiger partial charge in [-0.15, -0.1) is 0 Å². The van der Waals surface area contributed by atoms with E-state index in [1.165, 1.54) is 38.9 Å². The molecule has 0 aromatic carbocycles. The molecule has 2 heteroatoms. The van der Waals surface area contributed by atoms with Gasteiger partial charge in [-0.05, 0) is 64.6 Å². The van der Waals surface area contributed by atoms with Crippen molar-refractivity contribution in [3.63, 3.8) is 0 Å². The number of hydrogen-bond donors (Lipinski definition) is 2. The summed E-state index contributed by atoms with van der Waals surface area (Å²) < 4.78 is 0. The molecule has 2 fully saturated rings. The van der Waals surface area contributed by atoms with Crippen LogP contribution in [0.3, 0.4) is 0 Å². The second-order valence-corrected chi connectivity index (χ2v) is 5.32. The van der Waals surface area contributed by atoms with Crippen LogP contribution in [0.4, 0.5) is 0 Å². The van der Waals surface area contributed by atoms with Crippen molar-refractivity contribution in [3.05, 3.63) is 0 Å². The summed E-state index contributed by atoms with van der Waals surface area (Å²) in [4.78, 5) is 0. The van der Waals surface area contributed by atoms with Gasteiger partial charge < -0.3 is 10.6 Å². The van der Waals surface area contributed by atoms with Crippen molar-refractivity contribution in [2.24, 2.45) is 11.8 Å². The number of hydrogen-bond acceptors (Lipinski definition) is 2. The Kier molecular flexibility index (Phi) is 2.61. The minimum atomic E-state index is 0.380. The van der Waals surface area contributed by atoms with Crippen LogP contribution in [-0.4, -0.2) is 25.2 Å². The Bertz CT molecular complexity index is 171. The van der Waals surface area contributed by atoms with Crippen LogP contribution in [-0.2, 0) is 0 Å². The Morgan fingerprint density at radius 1 is 1.08 bits per heavy atom. The van der Waals surface area contributed by atoms with Gasteiger partial charge in [0, 0.05) is 5.54 Å². The molecule has 2 nitrogen and oxygen atoms in total. The largest absolute Gasteiger partial charge is 0.316 e. The third-order valence-electron chi connectivity index (χ3n) is 3.66. The predicted molar refractivity (Wildman–Crippen MR) is 55.8 cm³/mol. The fraction of sp³-hybridized carbons (Fsp3) is 1.00. The molecule has 0 bridgehead atoms. The van der Waals surface area contributed by atoms with E-state index in [9.17, 15) is 0 Å². The molecular formula is C11H22N2. The summed E-state index contributed by atoms with van der Waals surface area (Å²) in [5.74, 6) is 1.92. The van der Waals surface area contributed by atoms with Gasteiger partial charge in [-0.3, -0.25) is 0 Å². The van der Waals surface area contributed by atoms with Crippen LogP contribution in [0.15, 0.2) is 0 Å². The summed E-state index contributed by atoms with van der Waals surface area (Å²) >= 11 is 0. The Morgan fingerprint density at radius 3 is 2.46 bits per heavy atom. The summed E-state index contributed by atoms with van der Waals surface area (Å²) in [5, 5.41) is 7.07. The second-order valence-electron chi connectivity index (χ2n) is 5.32. The molecule has 2 aliphatic rings. The van der Waals surface area contributed by atoms with Gasteiger partial charge in [0.05, 0.1) is 0 Å². The SMILES string of the molecule is CC1(C)CC(C2CCNC2)CCN1. The van der Waals surface area contributed by atoms with Crippen LogP contribution in [0.5, 0.6) is 0 Å². The fourth-order valence-electron chi connectivity index (χ4n) is 2.91. The first-order valence-corrected chi connectivity index (χ1v) is 5.63. The van der Waals surface area contributed by atoms with Gasteiger partial charge in [-0.2, -0.15) is 0 Å². The molecule has 2 aliphatic heterocycles. The maximum Gasteiger partial charge on any atom is 0.0127 e. The first-order chi connectivity index (χ1) is 6.17. The molecule has 0 radical (unpaired) electrons. The van der Waals surface area contributed by atoms with Gasteiger partial charge in [-0.25, -0.2) is 0 Å². The molecular weight excluding hydrogens is 160 g/mol. The minimum absolute atomic E-state index is 0.380. The van der Waals surface area contributed by atoms with Crippen molar-refractivity contribution in [3.8, 4) is 0 Å². The zero-order chi connectivity index (χ0) is 9.31. The molecule has 13 heavy (non-hydrogen) atoms. The molecule has 2 unspecified atom stereocenters. The molecule has 0 amide bonds. The molecule has 2 atom stereocenters. The van der Waals surface area contributed by atoms with Crippen LogP contribution in [0, 0.1) is 11.8 Å². The van der Waals surface area contributed by atoms with E-state index in [2.05, 4.69) is 24.5 Å². The average molecular weight is 182 g/mol. The number of rotatable bonds is 1. The van der Waals surface area contributed by atoms with Crippen LogP contribution in [0.2, 0.25) is 0 Å². The first-order valence-electron chi connectivity index (χ1n) is 5.63. The lowest BCUT2D eigenvalue weighted by atomic mass is 9.77. The van der Waals surface area contributed by atoms with Gasteiger partial charge >= 0.3 is 0 Å². The van der Waals surface area contributed by atoms with Gasteiger partial charge in [0.2, 0.25) is 0 Å². The Balaban J connectivity index is 1.91. The van der Waals surface area contributed by atoms with E-state index in [0.717, 1.165) is 11.8 Å². The molecule has 2 N–H and O–H groups in total. The van der Waals surface area contributed by atoms with Crippen molar-refractivity contribution in [1.82, 2.24) is 10.6 Å². The highest BCUT2D eigenvalue weighted by molar-refractivity contribution is 4.90. The molecule has 0 aromatic heterocycles. The molecule has 2 saturated heterocycles. The molecule has 2 rings (SSSR count). The highest BCUT2D eigenvalue weighted by Crippen LogP contribution is 2.32. The summed E-state index contributed by atoms with van der Waals surface area (Å²) in [5.41, 5.74) is 0.380. The molecule has 76 valence electrons. The van der Waals surface area contributed by atoms with Gasteiger partial charge in [-0.1, -0.05) is 0 Å². The normalized spacial score (nSPS) is 39.2. The first kappa shape index (κ1) is 9.47. The zero-order valence-corrected chi connectivity index (χ0v) is 8.90. The zero-order valence-electron chi connectivity index (χ0n) is 8.90. The van der Waals surface area contributed by atoms with Gasteiger partial charge in [0.1, 0.15) is 0 Å². The molecule has 0 saturated carbocycles. The van der Waals surface area contributed by atoms with E-state index in [1.54, 1.807) is 0 Å². The maximum atomic E-state index is 3.59. The van der Waals surface area contributed by atoms with E-state index in [-0.39, 0.29) is 0 Å². The highest BCUT2D eigenvalue weighted by Gasteiger charge is 2.33. The molecule has 0 spiro atoms.